The van der Waals surface area contributed by atoms with Gasteiger partial charge in [-0.15, -0.1) is 12.3 Å². The first kappa shape index (κ1) is 8.13. The molecule has 1 heteroatoms. The summed E-state index contributed by atoms with van der Waals surface area (Å²) in [7, 11) is 0. The standard InChI is InChI=1S/C11H17N/c1-2-3-7-11(10-5-6-10)8-4-9-12-11/h1,10,12H,3-9H2. The summed E-state index contributed by atoms with van der Waals surface area (Å²) in [6.07, 6.45) is 13.0. The molecule has 1 aliphatic carbocycles. The van der Waals surface area contributed by atoms with Crippen molar-refractivity contribution in [2.45, 2.75) is 44.1 Å². The van der Waals surface area contributed by atoms with Crippen molar-refractivity contribution in [2.75, 3.05) is 6.54 Å². The van der Waals surface area contributed by atoms with E-state index >= 15 is 0 Å². The zero-order valence-corrected chi connectivity index (χ0v) is 7.60. The molecule has 66 valence electrons. The van der Waals surface area contributed by atoms with Gasteiger partial charge in [-0.2, -0.15) is 0 Å². The Kier molecular flexibility index (Phi) is 2.11. The Morgan fingerprint density at radius 3 is 2.83 bits per heavy atom. The Balaban J connectivity index is 1.96. The van der Waals surface area contributed by atoms with Crippen LogP contribution in [0.1, 0.15) is 38.5 Å². The van der Waals surface area contributed by atoms with Crippen LogP contribution in [-0.4, -0.2) is 12.1 Å². The van der Waals surface area contributed by atoms with Crippen molar-refractivity contribution in [1.82, 2.24) is 5.32 Å². The maximum atomic E-state index is 5.31. The molecular formula is C11H17N. The van der Waals surface area contributed by atoms with E-state index < -0.39 is 0 Å². The van der Waals surface area contributed by atoms with Gasteiger partial charge in [-0.05, 0) is 44.6 Å². The van der Waals surface area contributed by atoms with Crippen molar-refractivity contribution in [1.29, 1.82) is 0 Å². The Morgan fingerprint density at radius 1 is 1.50 bits per heavy atom. The minimum Gasteiger partial charge on any atom is -0.311 e. The summed E-state index contributed by atoms with van der Waals surface area (Å²) in [4.78, 5) is 0. The van der Waals surface area contributed by atoms with Crippen molar-refractivity contribution in [3.8, 4) is 12.3 Å². The highest BCUT2D eigenvalue weighted by molar-refractivity contribution is 5.05. The van der Waals surface area contributed by atoms with Gasteiger partial charge < -0.3 is 5.32 Å². The van der Waals surface area contributed by atoms with Gasteiger partial charge in [0, 0.05) is 12.0 Å². The van der Waals surface area contributed by atoms with E-state index in [1.165, 1.54) is 38.6 Å². The molecule has 0 aromatic rings. The van der Waals surface area contributed by atoms with Crippen LogP contribution in [0.25, 0.3) is 0 Å². The van der Waals surface area contributed by atoms with Gasteiger partial charge in [0.05, 0.1) is 0 Å². The third-order valence-corrected chi connectivity index (χ3v) is 3.35. The molecule has 12 heavy (non-hydrogen) atoms. The molecular weight excluding hydrogens is 146 g/mol. The van der Waals surface area contributed by atoms with Gasteiger partial charge in [-0.3, -0.25) is 0 Å². The first-order chi connectivity index (χ1) is 5.87. The van der Waals surface area contributed by atoms with Crippen molar-refractivity contribution >= 4 is 0 Å². The number of rotatable bonds is 3. The second-order valence-electron chi connectivity index (χ2n) is 4.16. The van der Waals surface area contributed by atoms with Crippen LogP contribution in [0.15, 0.2) is 0 Å². The molecule has 1 aliphatic heterocycles. The van der Waals surface area contributed by atoms with Gasteiger partial charge in [0.25, 0.3) is 0 Å². The maximum absolute atomic E-state index is 5.31. The van der Waals surface area contributed by atoms with Crippen LogP contribution in [0.4, 0.5) is 0 Å². The average molecular weight is 163 g/mol. The summed E-state index contributed by atoms with van der Waals surface area (Å²) in [6, 6.07) is 0. The molecule has 2 aliphatic rings. The number of hydrogen-bond donors (Lipinski definition) is 1. The summed E-state index contributed by atoms with van der Waals surface area (Å²) in [6.45, 7) is 1.21. The van der Waals surface area contributed by atoms with Crippen LogP contribution in [0.3, 0.4) is 0 Å². The predicted octanol–water partition coefficient (Wildman–Crippen LogP) is 1.93. The molecule has 1 atom stereocenters. The monoisotopic (exact) mass is 163 g/mol. The molecule has 2 fully saturated rings. The van der Waals surface area contributed by atoms with Gasteiger partial charge in [0.2, 0.25) is 0 Å². The second-order valence-corrected chi connectivity index (χ2v) is 4.16. The third kappa shape index (κ3) is 1.36. The normalized spacial score (nSPS) is 34.9. The number of hydrogen-bond acceptors (Lipinski definition) is 1. The molecule has 1 saturated heterocycles. The van der Waals surface area contributed by atoms with E-state index in [-0.39, 0.29) is 0 Å². The Hall–Kier alpha value is -0.480. The molecule has 0 spiro atoms. The highest BCUT2D eigenvalue weighted by Gasteiger charge is 2.45. The average Bonchev–Trinajstić information content (AvgIpc) is 2.84. The van der Waals surface area contributed by atoms with E-state index in [2.05, 4.69) is 11.2 Å². The lowest BCUT2D eigenvalue weighted by Crippen LogP contribution is -2.41. The Morgan fingerprint density at radius 2 is 2.33 bits per heavy atom. The lowest BCUT2D eigenvalue weighted by Gasteiger charge is -2.28. The third-order valence-electron chi connectivity index (χ3n) is 3.35. The predicted molar refractivity (Wildman–Crippen MR) is 50.8 cm³/mol. The molecule has 1 heterocycles. The smallest absolute Gasteiger partial charge is 0.0219 e. The maximum Gasteiger partial charge on any atom is 0.0219 e. The fourth-order valence-corrected chi connectivity index (χ4v) is 2.53. The molecule has 0 amide bonds. The summed E-state index contributed by atoms with van der Waals surface area (Å²) in [5.41, 5.74) is 0.465. The van der Waals surface area contributed by atoms with E-state index in [1.807, 2.05) is 0 Å². The van der Waals surface area contributed by atoms with Crippen molar-refractivity contribution in [3.05, 3.63) is 0 Å². The van der Waals surface area contributed by atoms with Crippen molar-refractivity contribution in [2.24, 2.45) is 5.92 Å². The zero-order valence-electron chi connectivity index (χ0n) is 7.60. The molecule has 0 radical (unpaired) electrons. The van der Waals surface area contributed by atoms with E-state index in [0.29, 0.717) is 5.54 Å². The van der Waals surface area contributed by atoms with Gasteiger partial charge in [0.1, 0.15) is 0 Å². The molecule has 1 saturated carbocycles. The second kappa shape index (κ2) is 3.11. The van der Waals surface area contributed by atoms with Crippen LogP contribution in [-0.2, 0) is 0 Å². The van der Waals surface area contributed by atoms with Gasteiger partial charge in [0.15, 0.2) is 0 Å². The molecule has 1 nitrogen and oxygen atoms in total. The fraction of sp³-hybridized carbons (Fsp3) is 0.818. The summed E-state index contributed by atoms with van der Waals surface area (Å²) >= 11 is 0. The topological polar surface area (TPSA) is 12.0 Å². The van der Waals surface area contributed by atoms with Gasteiger partial charge in [-0.25, -0.2) is 0 Å². The van der Waals surface area contributed by atoms with Crippen LogP contribution in [0.5, 0.6) is 0 Å². The number of nitrogens with one attached hydrogen (secondary N) is 1. The lowest BCUT2D eigenvalue weighted by molar-refractivity contribution is 0.306. The first-order valence-electron chi connectivity index (χ1n) is 5.06. The summed E-state index contributed by atoms with van der Waals surface area (Å²) in [5, 5.41) is 3.67. The Labute approximate surface area is 74.9 Å². The quantitative estimate of drug-likeness (QED) is 0.627. The largest absolute Gasteiger partial charge is 0.311 e. The van der Waals surface area contributed by atoms with E-state index in [1.54, 1.807) is 0 Å². The molecule has 0 bridgehead atoms. The van der Waals surface area contributed by atoms with E-state index in [4.69, 9.17) is 6.42 Å². The zero-order chi connectivity index (χ0) is 8.44. The minimum atomic E-state index is 0.465. The number of terminal acetylenes is 1. The molecule has 1 N–H and O–H groups in total. The van der Waals surface area contributed by atoms with Crippen LogP contribution in [0.2, 0.25) is 0 Å². The fourth-order valence-electron chi connectivity index (χ4n) is 2.53. The molecule has 0 aromatic heterocycles. The molecule has 2 rings (SSSR count). The first-order valence-corrected chi connectivity index (χ1v) is 5.06. The summed E-state index contributed by atoms with van der Waals surface area (Å²) < 4.78 is 0. The van der Waals surface area contributed by atoms with Crippen LogP contribution in [0, 0.1) is 18.3 Å². The minimum absolute atomic E-state index is 0.465. The molecule has 0 aromatic carbocycles. The van der Waals surface area contributed by atoms with E-state index in [9.17, 15) is 0 Å². The van der Waals surface area contributed by atoms with Crippen LogP contribution < -0.4 is 5.32 Å². The molecule has 1 unspecified atom stereocenters. The van der Waals surface area contributed by atoms with E-state index in [0.717, 1.165) is 12.3 Å². The van der Waals surface area contributed by atoms with Crippen molar-refractivity contribution in [3.63, 3.8) is 0 Å². The van der Waals surface area contributed by atoms with Crippen LogP contribution >= 0.6 is 0 Å². The highest BCUT2D eigenvalue weighted by atomic mass is 15.0. The SMILES string of the molecule is C#CCCC1(C2CC2)CCCN1. The van der Waals surface area contributed by atoms with Gasteiger partial charge >= 0.3 is 0 Å². The Bertz CT molecular complexity index is 192. The lowest BCUT2D eigenvalue weighted by atomic mass is 9.86. The summed E-state index contributed by atoms with van der Waals surface area (Å²) in [5.74, 6) is 3.71. The van der Waals surface area contributed by atoms with Crippen molar-refractivity contribution < 1.29 is 0 Å². The highest BCUT2D eigenvalue weighted by Crippen LogP contribution is 2.46. The van der Waals surface area contributed by atoms with Gasteiger partial charge in [-0.1, -0.05) is 0 Å².